The third-order valence-electron chi connectivity index (χ3n) is 3.73. The van der Waals surface area contributed by atoms with Crippen molar-refractivity contribution in [3.8, 4) is 0 Å². The third kappa shape index (κ3) is 3.10. The molecule has 0 aromatic heterocycles. The highest BCUT2D eigenvalue weighted by Crippen LogP contribution is 2.23. The Kier molecular flexibility index (Phi) is 4.75. The zero-order valence-corrected chi connectivity index (χ0v) is 12.7. The number of rotatable bonds is 4. The molecule has 0 spiro atoms. The number of nitrogens with zero attached hydrogens (tertiary/aromatic N) is 1. The van der Waals surface area contributed by atoms with E-state index >= 15 is 0 Å². The van der Waals surface area contributed by atoms with Crippen molar-refractivity contribution in [2.45, 2.75) is 19.2 Å². The third-order valence-corrected chi connectivity index (χ3v) is 7.06. The van der Waals surface area contributed by atoms with E-state index in [0.29, 0.717) is 0 Å². The second-order valence-electron chi connectivity index (χ2n) is 4.94. The summed E-state index contributed by atoms with van der Waals surface area (Å²) in [6.45, 7) is 7.51. The lowest BCUT2D eigenvalue weighted by Gasteiger charge is -2.36. The number of thioether (sulfide) groups is 1. The molecule has 0 saturated carbocycles. The summed E-state index contributed by atoms with van der Waals surface area (Å²) in [7, 11) is -2.96. The second kappa shape index (κ2) is 5.94. The normalized spacial score (nSPS) is 25.9. The number of sulfone groups is 1. The predicted octanol–water partition coefficient (Wildman–Crippen LogP) is 0.716. The smallest absolute Gasteiger partial charge is 0.166 e. The quantitative estimate of drug-likeness (QED) is 0.773. The molecule has 2 aliphatic heterocycles. The molecule has 0 amide bonds. The van der Waals surface area contributed by atoms with E-state index in [-0.39, 0.29) is 11.1 Å². The standard InChI is InChI=1S/C12H22N2O2S2/c1-3-18(15,16)12-9-17-5-4-14(12)8-10(2)11-6-13-7-11/h12-13H,3-9H2,1-2H3. The molecule has 1 atom stereocenters. The Morgan fingerprint density at radius 3 is 2.78 bits per heavy atom. The van der Waals surface area contributed by atoms with Gasteiger partial charge in [-0.05, 0) is 12.5 Å². The summed E-state index contributed by atoms with van der Waals surface area (Å²) in [5.41, 5.74) is 2.79. The molecular formula is C12H22N2O2S2. The van der Waals surface area contributed by atoms with E-state index in [1.165, 1.54) is 11.1 Å². The number of hydrogen-bond donors (Lipinski definition) is 1. The molecule has 18 heavy (non-hydrogen) atoms. The van der Waals surface area contributed by atoms with Crippen LogP contribution >= 0.6 is 11.8 Å². The van der Waals surface area contributed by atoms with Crippen LogP contribution in [0.3, 0.4) is 0 Å². The minimum atomic E-state index is -2.96. The summed E-state index contributed by atoms with van der Waals surface area (Å²) >= 11 is 1.75. The van der Waals surface area contributed by atoms with E-state index in [2.05, 4.69) is 17.1 Å². The highest BCUT2D eigenvalue weighted by atomic mass is 32.2. The highest BCUT2D eigenvalue weighted by Gasteiger charge is 2.33. The zero-order chi connectivity index (χ0) is 13.2. The molecule has 2 aliphatic rings. The molecule has 1 N–H and O–H groups in total. The average molecular weight is 290 g/mol. The van der Waals surface area contributed by atoms with Crippen molar-refractivity contribution in [3.63, 3.8) is 0 Å². The largest absolute Gasteiger partial charge is 0.309 e. The molecule has 2 rings (SSSR count). The fraction of sp³-hybridized carbons (Fsp3) is 0.833. The van der Waals surface area contributed by atoms with E-state index in [4.69, 9.17) is 0 Å². The van der Waals surface area contributed by atoms with Gasteiger partial charge in [0.15, 0.2) is 9.84 Å². The Hall–Kier alpha value is -0.0400. The summed E-state index contributed by atoms with van der Waals surface area (Å²) < 4.78 is 24.2. The van der Waals surface area contributed by atoms with Crippen LogP contribution in [-0.4, -0.2) is 62.1 Å². The Morgan fingerprint density at radius 2 is 2.22 bits per heavy atom. The van der Waals surface area contributed by atoms with E-state index in [0.717, 1.165) is 37.7 Å². The van der Waals surface area contributed by atoms with E-state index < -0.39 is 9.84 Å². The predicted molar refractivity (Wildman–Crippen MR) is 77.7 cm³/mol. The molecule has 6 heteroatoms. The molecule has 2 saturated heterocycles. The van der Waals surface area contributed by atoms with E-state index in [1.54, 1.807) is 18.7 Å². The van der Waals surface area contributed by atoms with Gasteiger partial charge in [0.2, 0.25) is 0 Å². The summed E-state index contributed by atoms with van der Waals surface area (Å²) in [5, 5.41) is 2.95. The average Bonchev–Trinajstić information content (AvgIpc) is 2.27. The number of nitrogens with one attached hydrogen (secondary N) is 1. The minimum absolute atomic E-state index is 0.242. The summed E-state index contributed by atoms with van der Waals surface area (Å²) in [4.78, 5) is 2.15. The Labute approximate surface area is 114 Å². The number of hydrogen-bond acceptors (Lipinski definition) is 5. The summed E-state index contributed by atoms with van der Waals surface area (Å²) in [6, 6.07) is 0. The van der Waals surface area contributed by atoms with Gasteiger partial charge in [-0.15, -0.1) is 0 Å². The van der Waals surface area contributed by atoms with Gasteiger partial charge in [0.1, 0.15) is 5.37 Å². The fourth-order valence-corrected chi connectivity index (χ4v) is 5.37. The van der Waals surface area contributed by atoms with Gasteiger partial charge >= 0.3 is 0 Å². The van der Waals surface area contributed by atoms with Gasteiger partial charge in [0.25, 0.3) is 0 Å². The molecule has 0 aromatic carbocycles. The fourth-order valence-electron chi connectivity index (χ4n) is 2.29. The maximum atomic E-state index is 12.1. The van der Waals surface area contributed by atoms with Crippen LogP contribution in [0, 0.1) is 0 Å². The van der Waals surface area contributed by atoms with Gasteiger partial charge in [0, 0.05) is 43.4 Å². The van der Waals surface area contributed by atoms with Crippen molar-refractivity contribution < 1.29 is 8.42 Å². The lowest BCUT2D eigenvalue weighted by Crippen LogP contribution is -2.49. The maximum Gasteiger partial charge on any atom is 0.166 e. The van der Waals surface area contributed by atoms with Crippen LogP contribution in [0.4, 0.5) is 0 Å². The van der Waals surface area contributed by atoms with Gasteiger partial charge in [-0.2, -0.15) is 11.8 Å². The van der Waals surface area contributed by atoms with Crippen LogP contribution < -0.4 is 5.32 Å². The molecule has 0 aromatic rings. The molecule has 0 radical (unpaired) electrons. The molecule has 0 bridgehead atoms. The summed E-state index contributed by atoms with van der Waals surface area (Å²) in [5.74, 6) is 2.00. The van der Waals surface area contributed by atoms with Crippen molar-refractivity contribution in [2.24, 2.45) is 0 Å². The Morgan fingerprint density at radius 1 is 1.50 bits per heavy atom. The van der Waals surface area contributed by atoms with Gasteiger partial charge in [-0.1, -0.05) is 12.5 Å². The first-order chi connectivity index (χ1) is 8.54. The van der Waals surface area contributed by atoms with Crippen LogP contribution in [0.25, 0.3) is 0 Å². The van der Waals surface area contributed by atoms with Gasteiger partial charge in [0.05, 0.1) is 0 Å². The lowest BCUT2D eigenvalue weighted by molar-refractivity contribution is 0.290. The minimum Gasteiger partial charge on any atom is -0.309 e. The van der Waals surface area contributed by atoms with Crippen molar-refractivity contribution in [3.05, 3.63) is 11.1 Å². The van der Waals surface area contributed by atoms with Crippen LogP contribution in [-0.2, 0) is 9.84 Å². The van der Waals surface area contributed by atoms with Gasteiger partial charge in [-0.25, -0.2) is 8.42 Å². The van der Waals surface area contributed by atoms with Crippen molar-refractivity contribution in [1.82, 2.24) is 10.2 Å². The van der Waals surface area contributed by atoms with Crippen molar-refractivity contribution in [2.75, 3.05) is 43.4 Å². The van der Waals surface area contributed by atoms with Gasteiger partial charge < -0.3 is 5.32 Å². The van der Waals surface area contributed by atoms with Crippen molar-refractivity contribution in [1.29, 1.82) is 0 Å². The first-order valence-electron chi connectivity index (χ1n) is 6.46. The lowest BCUT2D eigenvalue weighted by atomic mass is 10.0. The molecule has 0 aliphatic carbocycles. The second-order valence-corrected chi connectivity index (χ2v) is 8.54. The van der Waals surface area contributed by atoms with Crippen LogP contribution in [0.15, 0.2) is 11.1 Å². The van der Waals surface area contributed by atoms with Crippen LogP contribution in [0.1, 0.15) is 13.8 Å². The first-order valence-corrected chi connectivity index (χ1v) is 9.33. The zero-order valence-electron chi connectivity index (χ0n) is 11.1. The van der Waals surface area contributed by atoms with Gasteiger partial charge in [-0.3, -0.25) is 4.90 Å². The molecular weight excluding hydrogens is 268 g/mol. The molecule has 4 nitrogen and oxygen atoms in total. The molecule has 1 unspecified atom stereocenters. The van der Waals surface area contributed by atoms with E-state index in [9.17, 15) is 8.42 Å². The summed E-state index contributed by atoms with van der Waals surface area (Å²) in [6.07, 6.45) is 0. The van der Waals surface area contributed by atoms with Crippen molar-refractivity contribution >= 4 is 21.6 Å². The maximum absolute atomic E-state index is 12.1. The van der Waals surface area contributed by atoms with Crippen LogP contribution in [0.2, 0.25) is 0 Å². The SMILES string of the molecule is CCS(=O)(=O)C1CSCCN1CC(C)=C1CNC1. The topological polar surface area (TPSA) is 49.4 Å². The molecule has 2 fully saturated rings. The monoisotopic (exact) mass is 290 g/mol. The Bertz CT molecular complexity index is 425. The first kappa shape index (κ1) is 14.4. The molecule has 104 valence electrons. The highest BCUT2D eigenvalue weighted by molar-refractivity contribution is 8.01. The molecule has 2 heterocycles. The van der Waals surface area contributed by atoms with Crippen LogP contribution in [0.5, 0.6) is 0 Å². The Balaban J connectivity index is 2.09. The van der Waals surface area contributed by atoms with E-state index in [1.807, 2.05) is 0 Å².